The summed E-state index contributed by atoms with van der Waals surface area (Å²) in [5.41, 5.74) is -0.0400. The van der Waals surface area contributed by atoms with Crippen molar-refractivity contribution in [1.82, 2.24) is 0 Å². The first-order valence-corrected chi connectivity index (χ1v) is 8.40. The molecule has 0 heterocycles. The SMILES string of the molecule is CSCC(=O)Nc1cc(C(=O)O)cc(S(C)(=O)=O)c1. The van der Waals surface area contributed by atoms with Crippen LogP contribution in [-0.4, -0.2) is 43.7 Å². The second-order valence-electron chi connectivity index (χ2n) is 3.80. The van der Waals surface area contributed by atoms with Gasteiger partial charge in [0.15, 0.2) is 9.84 Å². The average molecular weight is 303 g/mol. The van der Waals surface area contributed by atoms with E-state index in [-0.39, 0.29) is 27.8 Å². The Morgan fingerprint density at radius 1 is 1.32 bits per heavy atom. The number of carbonyl (C=O) groups excluding carboxylic acids is 1. The quantitative estimate of drug-likeness (QED) is 0.844. The van der Waals surface area contributed by atoms with Gasteiger partial charge in [0.2, 0.25) is 5.91 Å². The van der Waals surface area contributed by atoms with E-state index in [4.69, 9.17) is 5.11 Å². The van der Waals surface area contributed by atoms with Crippen molar-refractivity contribution in [3.8, 4) is 0 Å². The van der Waals surface area contributed by atoms with E-state index in [0.717, 1.165) is 12.3 Å². The van der Waals surface area contributed by atoms with Gasteiger partial charge >= 0.3 is 5.97 Å². The van der Waals surface area contributed by atoms with Gasteiger partial charge in [0.25, 0.3) is 0 Å². The Kier molecular flexibility index (Phi) is 4.96. The molecule has 0 aromatic heterocycles. The third kappa shape index (κ3) is 4.56. The maximum absolute atomic E-state index is 11.5. The number of carboxylic acid groups (broad SMARTS) is 1. The largest absolute Gasteiger partial charge is 0.478 e. The number of nitrogens with one attached hydrogen (secondary N) is 1. The fourth-order valence-electron chi connectivity index (χ4n) is 1.34. The number of carboxylic acids is 1. The lowest BCUT2D eigenvalue weighted by molar-refractivity contribution is -0.113. The van der Waals surface area contributed by atoms with E-state index in [1.807, 2.05) is 0 Å². The Labute approximate surface area is 115 Å². The molecule has 104 valence electrons. The van der Waals surface area contributed by atoms with Crippen LogP contribution >= 0.6 is 11.8 Å². The van der Waals surface area contributed by atoms with Crippen LogP contribution in [0.2, 0.25) is 0 Å². The zero-order chi connectivity index (χ0) is 14.6. The molecule has 0 fully saturated rings. The highest BCUT2D eigenvalue weighted by Gasteiger charge is 2.14. The molecule has 0 aliphatic carbocycles. The number of amides is 1. The fraction of sp³-hybridized carbons (Fsp3) is 0.273. The highest BCUT2D eigenvalue weighted by molar-refractivity contribution is 7.99. The zero-order valence-corrected chi connectivity index (χ0v) is 12.0. The molecular weight excluding hydrogens is 290 g/mol. The van der Waals surface area contributed by atoms with Crippen LogP contribution in [0, 0.1) is 0 Å². The van der Waals surface area contributed by atoms with Gasteiger partial charge in [-0.25, -0.2) is 13.2 Å². The minimum atomic E-state index is -3.55. The van der Waals surface area contributed by atoms with E-state index in [2.05, 4.69) is 5.32 Å². The molecule has 0 unspecified atom stereocenters. The number of sulfone groups is 1. The van der Waals surface area contributed by atoms with E-state index < -0.39 is 15.8 Å². The number of hydrogen-bond donors (Lipinski definition) is 2. The molecule has 2 N–H and O–H groups in total. The molecular formula is C11H13NO5S2. The second-order valence-corrected chi connectivity index (χ2v) is 6.69. The first kappa shape index (κ1) is 15.5. The minimum Gasteiger partial charge on any atom is -0.478 e. The summed E-state index contributed by atoms with van der Waals surface area (Å²) in [6.45, 7) is 0. The van der Waals surface area contributed by atoms with Crippen molar-refractivity contribution >= 4 is 39.2 Å². The molecule has 1 aromatic carbocycles. The summed E-state index contributed by atoms with van der Waals surface area (Å²) in [5, 5.41) is 11.4. The summed E-state index contributed by atoms with van der Waals surface area (Å²) in [5.74, 6) is -1.38. The van der Waals surface area contributed by atoms with Crippen LogP contribution in [0.25, 0.3) is 0 Å². The van der Waals surface area contributed by atoms with Gasteiger partial charge in [-0.2, -0.15) is 11.8 Å². The Hall–Kier alpha value is -1.54. The molecule has 6 nitrogen and oxygen atoms in total. The first-order chi connectivity index (χ1) is 8.74. The van der Waals surface area contributed by atoms with Crippen molar-refractivity contribution in [2.75, 3.05) is 23.6 Å². The van der Waals surface area contributed by atoms with Gasteiger partial charge in [0, 0.05) is 11.9 Å². The van der Waals surface area contributed by atoms with Gasteiger partial charge < -0.3 is 10.4 Å². The van der Waals surface area contributed by atoms with Crippen LogP contribution in [0.5, 0.6) is 0 Å². The van der Waals surface area contributed by atoms with E-state index in [1.54, 1.807) is 6.26 Å². The molecule has 0 saturated carbocycles. The molecule has 0 radical (unpaired) electrons. The number of anilines is 1. The Bertz CT molecular complexity index is 610. The third-order valence-corrected chi connectivity index (χ3v) is 3.78. The lowest BCUT2D eigenvalue weighted by Gasteiger charge is -2.08. The van der Waals surface area contributed by atoms with E-state index >= 15 is 0 Å². The highest BCUT2D eigenvalue weighted by atomic mass is 32.2. The van der Waals surface area contributed by atoms with Gasteiger partial charge in [-0.1, -0.05) is 0 Å². The molecule has 0 bridgehead atoms. The maximum Gasteiger partial charge on any atom is 0.335 e. The third-order valence-electron chi connectivity index (χ3n) is 2.14. The van der Waals surface area contributed by atoms with Gasteiger partial charge in [-0.15, -0.1) is 0 Å². The topological polar surface area (TPSA) is 101 Å². The summed E-state index contributed by atoms with van der Waals surface area (Å²) in [7, 11) is -3.55. The Balaban J connectivity index is 3.21. The average Bonchev–Trinajstić information content (AvgIpc) is 2.27. The normalized spacial score (nSPS) is 11.1. The van der Waals surface area contributed by atoms with Crippen molar-refractivity contribution in [3.05, 3.63) is 23.8 Å². The molecule has 0 aliphatic rings. The lowest BCUT2D eigenvalue weighted by Crippen LogP contribution is -2.15. The van der Waals surface area contributed by atoms with E-state index in [0.29, 0.717) is 0 Å². The number of rotatable bonds is 5. The maximum atomic E-state index is 11.5. The van der Waals surface area contributed by atoms with Gasteiger partial charge in [-0.05, 0) is 24.5 Å². The monoisotopic (exact) mass is 303 g/mol. The second kappa shape index (κ2) is 6.07. The Morgan fingerprint density at radius 2 is 1.95 bits per heavy atom. The Morgan fingerprint density at radius 3 is 2.42 bits per heavy atom. The number of carbonyl (C=O) groups is 2. The smallest absolute Gasteiger partial charge is 0.335 e. The molecule has 1 aromatic rings. The summed E-state index contributed by atoms with van der Waals surface area (Å²) >= 11 is 1.30. The molecule has 1 rings (SSSR count). The first-order valence-electron chi connectivity index (χ1n) is 5.11. The van der Waals surface area contributed by atoms with Crippen molar-refractivity contribution in [2.45, 2.75) is 4.90 Å². The van der Waals surface area contributed by atoms with Crippen LogP contribution in [-0.2, 0) is 14.6 Å². The van der Waals surface area contributed by atoms with E-state index in [9.17, 15) is 18.0 Å². The summed E-state index contributed by atoms with van der Waals surface area (Å²) < 4.78 is 22.9. The highest BCUT2D eigenvalue weighted by Crippen LogP contribution is 2.19. The molecule has 0 aliphatic heterocycles. The molecule has 0 saturated heterocycles. The standard InChI is InChI=1S/C11H13NO5S2/c1-18-6-10(13)12-8-3-7(11(14)15)4-9(5-8)19(2,16)17/h3-5H,6H2,1-2H3,(H,12,13)(H,14,15). The van der Waals surface area contributed by atoms with Crippen LogP contribution in [0.15, 0.2) is 23.1 Å². The van der Waals surface area contributed by atoms with Crippen molar-refractivity contribution in [3.63, 3.8) is 0 Å². The predicted octanol–water partition coefficient (Wildman–Crippen LogP) is 1.09. The van der Waals surface area contributed by atoms with Crippen molar-refractivity contribution in [1.29, 1.82) is 0 Å². The zero-order valence-electron chi connectivity index (χ0n) is 10.3. The molecule has 19 heavy (non-hydrogen) atoms. The summed E-state index contributed by atoms with van der Waals surface area (Å²) in [6, 6.07) is 3.51. The van der Waals surface area contributed by atoms with Gasteiger partial charge in [0.05, 0.1) is 16.2 Å². The molecule has 8 heteroatoms. The molecule has 0 spiro atoms. The van der Waals surface area contributed by atoms with E-state index in [1.165, 1.54) is 23.9 Å². The van der Waals surface area contributed by atoms with Crippen molar-refractivity contribution < 1.29 is 23.1 Å². The van der Waals surface area contributed by atoms with Crippen LogP contribution in [0.4, 0.5) is 5.69 Å². The summed E-state index contributed by atoms with van der Waals surface area (Å²) in [6.07, 6.45) is 2.72. The van der Waals surface area contributed by atoms with Crippen molar-refractivity contribution in [2.24, 2.45) is 0 Å². The minimum absolute atomic E-state index is 0.146. The van der Waals surface area contributed by atoms with Gasteiger partial charge in [-0.3, -0.25) is 4.79 Å². The van der Waals surface area contributed by atoms with Crippen LogP contribution in [0.1, 0.15) is 10.4 Å². The molecule has 1 amide bonds. The number of aromatic carboxylic acids is 1. The fourth-order valence-corrected chi connectivity index (χ4v) is 2.35. The predicted molar refractivity (Wildman–Crippen MR) is 73.5 cm³/mol. The van der Waals surface area contributed by atoms with Crippen LogP contribution in [0.3, 0.4) is 0 Å². The summed E-state index contributed by atoms with van der Waals surface area (Å²) in [4.78, 5) is 22.2. The van der Waals surface area contributed by atoms with Gasteiger partial charge in [0.1, 0.15) is 0 Å². The lowest BCUT2D eigenvalue weighted by atomic mass is 10.2. The number of benzene rings is 1. The number of hydrogen-bond acceptors (Lipinski definition) is 5. The van der Waals surface area contributed by atoms with Crippen LogP contribution < -0.4 is 5.32 Å². The molecule has 0 atom stereocenters. The number of thioether (sulfide) groups is 1.